The standard InChI is InChI=1S/C11H18O/c1-3-5-8-11(7-4-2)9-6-10-12/h3-4,8,12H,1-2,5-7,9-10H2/b11-8+. The molecule has 0 amide bonds. The summed E-state index contributed by atoms with van der Waals surface area (Å²) in [5.41, 5.74) is 1.35. The maximum Gasteiger partial charge on any atom is 0.0434 e. The summed E-state index contributed by atoms with van der Waals surface area (Å²) < 4.78 is 0. The van der Waals surface area contributed by atoms with Crippen LogP contribution in [0.4, 0.5) is 0 Å². The van der Waals surface area contributed by atoms with Gasteiger partial charge < -0.3 is 5.11 Å². The van der Waals surface area contributed by atoms with E-state index in [-0.39, 0.29) is 6.61 Å². The molecule has 0 aromatic rings. The van der Waals surface area contributed by atoms with Crippen LogP contribution in [0.3, 0.4) is 0 Å². The van der Waals surface area contributed by atoms with Crippen LogP contribution >= 0.6 is 0 Å². The van der Waals surface area contributed by atoms with Crippen LogP contribution in [-0.2, 0) is 0 Å². The van der Waals surface area contributed by atoms with Gasteiger partial charge in [-0.1, -0.05) is 23.8 Å². The first kappa shape index (κ1) is 11.2. The van der Waals surface area contributed by atoms with Crippen LogP contribution in [-0.4, -0.2) is 11.7 Å². The Morgan fingerprint density at radius 3 is 2.50 bits per heavy atom. The highest BCUT2D eigenvalue weighted by Crippen LogP contribution is 2.11. The van der Waals surface area contributed by atoms with Gasteiger partial charge >= 0.3 is 0 Å². The summed E-state index contributed by atoms with van der Waals surface area (Å²) in [6, 6.07) is 0. The lowest BCUT2D eigenvalue weighted by Crippen LogP contribution is -1.87. The third-order valence-corrected chi connectivity index (χ3v) is 1.64. The first-order valence-corrected chi connectivity index (χ1v) is 4.35. The van der Waals surface area contributed by atoms with Crippen LogP contribution in [0.1, 0.15) is 25.7 Å². The number of allylic oxidation sites excluding steroid dienone is 4. The zero-order valence-corrected chi connectivity index (χ0v) is 7.63. The van der Waals surface area contributed by atoms with E-state index in [0.717, 1.165) is 25.7 Å². The van der Waals surface area contributed by atoms with E-state index in [2.05, 4.69) is 19.2 Å². The lowest BCUT2D eigenvalue weighted by molar-refractivity contribution is 0.288. The molecule has 0 spiro atoms. The molecular formula is C11H18O. The zero-order valence-electron chi connectivity index (χ0n) is 7.63. The minimum atomic E-state index is 0.266. The summed E-state index contributed by atoms with van der Waals surface area (Å²) in [5.74, 6) is 0. The van der Waals surface area contributed by atoms with E-state index < -0.39 is 0 Å². The van der Waals surface area contributed by atoms with Crippen molar-refractivity contribution in [3.05, 3.63) is 37.0 Å². The summed E-state index contributed by atoms with van der Waals surface area (Å²) >= 11 is 0. The van der Waals surface area contributed by atoms with Crippen LogP contribution < -0.4 is 0 Å². The van der Waals surface area contributed by atoms with Gasteiger partial charge in [0, 0.05) is 6.61 Å². The summed E-state index contributed by atoms with van der Waals surface area (Å²) in [7, 11) is 0. The molecule has 1 nitrogen and oxygen atoms in total. The molecule has 0 aliphatic carbocycles. The van der Waals surface area contributed by atoms with Gasteiger partial charge in [0.05, 0.1) is 0 Å². The van der Waals surface area contributed by atoms with E-state index in [1.54, 1.807) is 0 Å². The lowest BCUT2D eigenvalue weighted by atomic mass is 10.1. The van der Waals surface area contributed by atoms with Crippen LogP contribution in [0.5, 0.6) is 0 Å². The molecule has 0 radical (unpaired) electrons. The first-order valence-electron chi connectivity index (χ1n) is 4.35. The minimum Gasteiger partial charge on any atom is -0.396 e. The van der Waals surface area contributed by atoms with E-state index in [4.69, 9.17) is 5.11 Å². The molecule has 0 unspecified atom stereocenters. The average molecular weight is 166 g/mol. The second kappa shape index (κ2) is 8.28. The van der Waals surface area contributed by atoms with E-state index in [9.17, 15) is 0 Å². The van der Waals surface area contributed by atoms with Crippen molar-refractivity contribution in [3.63, 3.8) is 0 Å². The van der Waals surface area contributed by atoms with Crippen molar-refractivity contribution < 1.29 is 5.11 Å². The van der Waals surface area contributed by atoms with Crippen molar-refractivity contribution >= 4 is 0 Å². The fraction of sp³-hybridized carbons (Fsp3) is 0.455. The molecule has 0 aliphatic heterocycles. The maximum absolute atomic E-state index is 8.64. The van der Waals surface area contributed by atoms with Crippen LogP contribution in [0.25, 0.3) is 0 Å². The molecule has 0 saturated heterocycles. The molecule has 1 N–H and O–H groups in total. The molecule has 12 heavy (non-hydrogen) atoms. The molecule has 0 heterocycles. The highest BCUT2D eigenvalue weighted by atomic mass is 16.2. The lowest BCUT2D eigenvalue weighted by Gasteiger charge is -2.01. The van der Waals surface area contributed by atoms with E-state index in [0.29, 0.717) is 0 Å². The number of aliphatic hydroxyl groups is 1. The smallest absolute Gasteiger partial charge is 0.0434 e. The number of hydrogen-bond donors (Lipinski definition) is 1. The Bertz CT molecular complexity index is 156. The highest BCUT2D eigenvalue weighted by Gasteiger charge is 1.93. The van der Waals surface area contributed by atoms with Crippen LogP contribution in [0.2, 0.25) is 0 Å². The largest absolute Gasteiger partial charge is 0.396 e. The van der Waals surface area contributed by atoms with Crippen molar-refractivity contribution in [2.75, 3.05) is 6.61 Å². The van der Waals surface area contributed by atoms with Crippen molar-refractivity contribution in [3.8, 4) is 0 Å². The Labute approximate surface area is 75.1 Å². The molecule has 0 rings (SSSR count). The van der Waals surface area contributed by atoms with Crippen molar-refractivity contribution in [2.45, 2.75) is 25.7 Å². The third-order valence-electron chi connectivity index (χ3n) is 1.64. The van der Waals surface area contributed by atoms with Crippen LogP contribution in [0.15, 0.2) is 37.0 Å². The third kappa shape index (κ3) is 5.93. The molecule has 0 fully saturated rings. The SMILES string of the molecule is C=CC/C=C(\CC=C)CCCO. The predicted octanol–water partition coefficient (Wildman–Crippen LogP) is 2.84. The van der Waals surface area contributed by atoms with Gasteiger partial charge in [-0.2, -0.15) is 0 Å². The Morgan fingerprint density at radius 2 is 2.00 bits per heavy atom. The second-order valence-corrected chi connectivity index (χ2v) is 2.71. The second-order valence-electron chi connectivity index (χ2n) is 2.71. The molecule has 0 bridgehead atoms. The molecule has 0 aliphatic rings. The fourth-order valence-corrected chi connectivity index (χ4v) is 1.03. The number of rotatable bonds is 7. The quantitative estimate of drug-likeness (QED) is 0.577. The maximum atomic E-state index is 8.64. The zero-order chi connectivity index (χ0) is 9.23. The van der Waals surface area contributed by atoms with Crippen LogP contribution in [0, 0.1) is 0 Å². The van der Waals surface area contributed by atoms with Crippen molar-refractivity contribution in [2.24, 2.45) is 0 Å². The van der Waals surface area contributed by atoms with E-state index in [1.165, 1.54) is 5.57 Å². The Kier molecular flexibility index (Phi) is 7.71. The Hall–Kier alpha value is -0.820. The van der Waals surface area contributed by atoms with E-state index >= 15 is 0 Å². The fourth-order valence-electron chi connectivity index (χ4n) is 1.03. The minimum absolute atomic E-state index is 0.266. The summed E-state index contributed by atoms with van der Waals surface area (Å²) in [5, 5.41) is 8.64. The molecule has 0 saturated carbocycles. The van der Waals surface area contributed by atoms with Gasteiger partial charge in [-0.3, -0.25) is 0 Å². The Balaban J connectivity index is 3.83. The molecule has 0 aromatic heterocycles. The Morgan fingerprint density at radius 1 is 1.25 bits per heavy atom. The summed E-state index contributed by atoms with van der Waals surface area (Å²) in [4.78, 5) is 0. The van der Waals surface area contributed by atoms with Gasteiger partial charge in [0.2, 0.25) is 0 Å². The predicted molar refractivity (Wildman–Crippen MR) is 54.0 cm³/mol. The summed E-state index contributed by atoms with van der Waals surface area (Å²) in [6.07, 6.45) is 9.58. The summed E-state index contributed by atoms with van der Waals surface area (Å²) in [6.45, 7) is 7.61. The van der Waals surface area contributed by atoms with Gasteiger partial charge in [-0.25, -0.2) is 0 Å². The molecule has 0 atom stereocenters. The number of aliphatic hydroxyl groups excluding tert-OH is 1. The molecule has 68 valence electrons. The van der Waals surface area contributed by atoms with Crippen molar-refractivity contribution in [1.29, 1.82) is 0 Å². The van der Waals surface area contributed by atoms with Gasteiger partial charge in [-0.15, -0.1) is 13.2 Å². The topological polar surface area (TPSA) is 20.2 Å². The first-order chi connectivity index (χ1) is 5.85. The average Bonchev–Trinajstić information content (AvgIpc) is 2.10. The monoisotopic (exact) mass is 166 g/mol. The molecule has 0 aromatic carbocycles. The normalized spacial score (nSPS) is 11.2. The molecule has 1 heteroatoms. The number of hydrogen-bond acceptors (Lipinski definition) is 1. The highest BCUT2D eigenvalue weighted by molar-refractivity contribution is 5.07. The van der Waals surface area contributed by atoms with E-state index in [1.807, 2.05) is 12.2 Å². The molecular weight excluding hydrogens is 148 g/mol. The van der Waals surface area contributed by atoms with Gasteiger partial charge in [0.25, 0.3) is 0 Å². The van der Waals surface area contributed by atoms with Crippen molar-refractivity contribution in [1.82, 2.24) is 0 Å². The van der Waals surface area contributed by atoms with Gasteiger partial charge in [0.15, 0.2) is 0 Å². The van der Waals surface area contributed by atoms with Gasteiger partial charge in [0.1, 0.15) is 0 Å². The van der Waals surface area contributed by atoms with Gasteiger partial charge in [-0.05, 0) is 25.7 Å².